The van der Waals surface area contributed by atoms with Crippen LogP contribution in [0.5, 0.6) is 0 Å². The second-order valence-corrected chi connectivity index (χ2v) is 14.8. The van der Waals surface area contributed by atoms with Gasteiger partial charge >= 0.3 is 11.9 Å². The van der Waals surface area contributed by atoms with Crippen LogP contribution in [0.1, 0.15) is 93.9 Å². The van der Waals surface area contributed by atoms with Gasteiger partial charge in [0.1, 0.15) is 17.9 Å². The number of aliphatic carboxylic acids is 2. The van der Waals surface area contributed by atoms with Gasteiger partial charge < -0.3 is 25.6 Å². The molecule has 0 saturated heterocycles. The molecule has 0 spiro atoms. The summed E-state index contributed by atoms with van der Waals surface area (Å²) in [5.74, 6) is -1.37. The minimum atomic E-state index is -1.07. The summed E-state index contributed by atoms with van der Waals surface area (Å²) >= 11 is 3.15. The Labute approximate surface area is 249 Å². The molecule has 5 atom stereocenters. The molecule has 0 aromatic rings. The predicted molar refractivity (Wildman–Crippen MR) is 163 cm³/mol. The predicted octanol–water partition coefficient (Wildman–Crippen LogP) is 4.61. The number of hydrogen-bond acceptors (Lipinski definition) is 8. The SMILES string of the molecule is CCC(C)(CCC(=O)C(C)C)OCCC(C)(C)C(=O)NC(CSC1CCC1SCC(NC(C)C)C(=O)O)C(=O)O. The zero-order chi connectivity index (χ0) is 30.7. The third kappa shape index (κ3) is 12.7. The van der Waals surface area contributed by atoms with Gasteiger partial charge in [0.05, 0.1) is 5.60 Å². The second-order valence-electron chi connectivity index (χ2n) is 12.3. The summed E-state index contributed by atoms with van der Waals surface area (Å²) < 4.78 is 6.14. The van der Waals surface area contributed by atoms with Crippen LogP contribution in [-0.2, 0) is 23.9 Å². The average Bonchev–Trinajstić information content (AvgIpc) is 2.84. The fraction of sp³-hybridized carbons (Fsp3) is 0.862. The molecule has 5 unspecified atom stereocenters. The Morgan fingerprint density at radius 2 is 1.43 bits per heavy atom. The lowest BCUT2D eigenvalue weighted by atomic mass is 9.88. The maximum Gasteiger partial charge on any atom is 0.327 e. The molecule has 0 aromatic carbocycles. The highest BCUT2D eigenvalue weighted by Crippen LogP contribution is 2.40. The highest BCUT2D eigenvalue weighted by Gasteiger charge is 2.36. The van der Waals surface area contributed by atoms with Crippen molar-refractivity contribution < 1.29 is 34.1 Å². The standard InChI is InChI=1S/C29H52N2O7S2/c1-9-29(8,13-12-22(32)18(2)3)38-15-14-28(6,7)27(37)31-21(26(35)36)17-40-24-11-10-23(24)39-16-20(25(33)34)30-19(4)5/h18-21,23-24,30H,9-17H2,1-8H3,(H,31,37)(H,33,34)(H,35,36). The quantitative estimate of drug-likeness (QED) is 0.147. The first-order chi connectivity index (χ1) is 18.5. The molecule has 0 radical (unpaired) electrons. The minimum absolute atomic E-state index is 0.00526. The lowest BCUT2D eigenvalue weighted by Crippen LogP contribution is -2.49. The molecule has 11 heteroatoms. The summed E-state index contributed by atoms with van der Waals surface area (Å²) in [5, 5.41) is 25.5. The van der Waals surface area contributed by atoms with Crippen LogP contribution >= 0.6 is 23.5 Å². The first-order valence-electron chi connectivity index (χ1n) is 14.4. The summed E-state index contributed by atoms with van der Waals surface area (Å²) in [6, 6.07) is -1.56. The molecular weight excluding hydrogens is 552 g/mol. The molecule has 1 aliphatic rings. The maximum absolute atomic E-state index is 13.1. The number of Topliss-reactive ketones (excluding diaryl/α,β-unsaturated/α-hetero) is 1. The molecule has 4 N–H and O–H groups in total. The van der Waals surface area contributed by atoms with Gasteiger partial charge in [-0.2, -0.15) is 23.5 Å². The van der Waals surface area contributed by atoms with Crippen LogP contribution < -0.4 is 10.6 Å². The lowest BCUT2D eigenvalue weighted by molar-refractivity contribution is -0.143. The van der Waals surface area contributed by atoms with Gasteiger partial charge in [-0.3, -0.25) is 14.4 Å². The van der Waals surface area contributed by atoms with E-state index in [2.05, 4.69) is 10.6 Å². The summed E-state index contributed by atoms with van der Waals surface area (Å²) in [5.41, 5.74) is -1.28. The summed E-state index contributed by atoms with van der Waals surface area (Å²) in [7, 11) is 0. The largest absolute Gasteiger partial charge is 0.480 e. The Kier molecular flexibility index (Phi) is 15.6. The molecule has 0 heterocycles. The van der Waals surface area contributed by atoms with Gasteiger partial charge in [0, 0.05) is 52.4 Å². The Bertz CT molecular complexity index is 852. The Morgan fingerprint density at radius 3 is 1.85 bits per heavy atom. The Hall–Kier alpha value is -1.30. The molecule has 0 aromatic heterocycles. The number of carboxylic acid groups (broad SMARTS) is 2. The van der Waals surface area contributed by atoms with Crippen LogP contribution in [0.4, 0.5) is 0 Å². The molecule has 1 aliphatic carbocycles. The average molecular weight is 605 g/mol. The smallest absolute Gasteiger partial charge is 0.327 e. The van der Waals surface area contributed by atoms with E-state index in [1.54, 1.807) is 25.6 Å². The number of thioether (sulfide) groups is 2. The van der Waals surface area contributed by atoms with Crippen molar-refractivity contribution in [1.82, 2.24) is 10.6 Å². The number of amides is 1. The normalized spacial score (nSPS) is 20.4. The first kappa shape index (κ1) is 36.7. The van der Waals surface area contributed by atoms with E-state index in [1.807, 2.05) is 41.5 Å². The van der Waals surface area contributed by atoms with Crippen LogP contribution in [0.25, 0.3) is 0 Å². The summed E-state index contributed by atoms with van der Waals surface area (Å²) in [4.78, 5) is 48.6. The summed E-state index contributed by atoms with van der Waals surface area (Å²) in [6.45, 7) is 15.5. The fourth-order valence-corrected chi connectivity index (χ4v) is 7.20. The number of rotatable bonds is 21. The van der Waals surface area contributed by atoms with Crippen LogP contribution in [-0.4, -0.2) is 86.2 Å². The summed E-state index contributed by atoms with van der Waals surface area (Å²) in [6.07, 6.45) is 4.16. The molecule has 9 nitrogen and oxygen atoms in total. The fourth-order valence-electron chi connectivity index (χ4n) is 4.07. The van der Waals surface area contributed by atoms with Gasteiger partial charge in [-0.1, -0.05) is 48.5 Å². The van der Waals surface area contributed by atoms with Gasteiger partial charge in [0.25, 0.3) is 0 Å². The van der Waals surface area contributed by atoms with Gasteiger partial charge in [0.2, 0.25) is 5.91 Å². The topological polar surface area (TPSA) is 142 Å². The number of nitrogens with one attached hydrogen (secondary N) is 2. The monoisotopic (exact) mass is 604 g/mol. The van der Waals surface area contributed by atoms with E-state index in [4.69, 9.17) is 4.74 Å². The highest BCUT2D eigenvalue weighted by atomic mass is 32.2. The van der Waals surface area contributed by atoms with E-state index < -0.39 is 35.0 Å². The molecular formula is C29H52N2O7S2. The van der Waals surface area contributed by atoms with E-state index >= 15 is 0 Å². The van der Waals surface area contributed by atoms with Crippen molar-refractivity contribution in [3.05, 3.63) is 0 Å². The molecule has 40 heavy (non-hydrogen) atoms. The Balaban J connectivity index is 2.57. The van der Waals surface area contributed by atoms with Crippen molar-refractivity contribution in [3.8, 4) is 0 Å². The van der Waals surface area contributed by atoms with E-state index in [1.165, 1.54) is 11.8 Å². The van der Waals surface area contributed by atoms with E-state index in [9.17, 15) is 29.4 Å². The molecule has 1 saturated carbocycles. The number of carbonyl (C=O) groups is 4. The van der Waals surface area contributed by atoms with Crippen molar-refractivity contribution in [2.75, 3.05) is 18.1 Å². The molecule has 232 valence electrons. The number of carbonyl (C=O) groups excluding carboxylic acids is 2. The molecule has 1 fully saturated rings. The molecule has 0 aliphatic heterocycles. The van der Waals surface area contributed by atoms with Gasteiger partial charge in [-0.25, -0.2) is 4.79 Å². The van der Waals surface area contributed by atoms with Crippen LogP contribution in [0.2, 0.25) is 0 Å². The van der Waals surface area contributed by atoms with E-state index in [-0.39, 0.29) is 39.9 Å². The van der Waals surface area contributed by atoms with Gasteiger partial charge in [-0.15, -0.1) is 0 Å². The third-order valence-corrected chi connectivity index (χ3v) is 10.8. The third-order valence-electron chi connectivity index (χ3n) is 7.62. The van der Waals surface area contributed by atoms with Crippen molar-refractivity contribution in [2.45, 2.75) is 128 Å². The second kappa shape index (κ2) is 17.0. The van der Waals surface area contributed by atoms with Gasteiger partial charge in [0.15, 0.2) is 0 Å². The van der Waals surface area contributed by atoms with Gasteiger partial charge in [-0.05, 0) is 39.0 Å². The number of ether oxygens (including phenoxy) is 1. The van der Waals surface area contributed by atoms with Crippen LogP contribution in [0, 0.1) is 11.3 Å². The van der Waals surface area contributed by atoms with Crippen molar-refractivity contribution in [2.24, 2.45) is 11.3 Å². The van der Waals surface area contributed by atoms with Crippen LogP contribution in [0.3, 0.4) is 0 Å². The molecule has 1 amide bonds. The zero-order valence-electron chi connectivity index (χ0n) is 25.6. The highest BCUT2D eigenvalue weighted by molar-refractivity contribution is 8.04. The van der Waals surface area contributed by atoms with E-state index in [0.29, 0.717) is 31.6 Å². The first-order valence-corrected chi connectivity index (χ1v) is 16.5. The Morgan fingerprint density at radius 1 is 0.900 bits per heavy atom. The minimum Gasteiger partial charge on any atom is -0.480 e. The number of ketones is 1. The maximum atomic E-state index is 13.1. The van der Waals surface area contributed by atoms with E-state index in [0.717, 1.165) is 19.3 Å². The van der Waals surface area contributed by atoms with Crippen LogP contribution in [0.15, 0.2) is 0 Å². The number of carboxylic acids is 2. The lowest BCUT2D eigenvalue weighted by Gasteiger charge is -2.37. The number of hydrogen-bond donors (Lipinski definition) is 4. The molecule has 0 bridgehead atoms. The molecule has 1 rings (SSSR count). The van der Waals surface area contributed by atoms with Crippen molar-refractivity contribution >= 4 is 47.2 Å². The van der Waals surface area contributed by atoms with Crippen molar-refractivity contribution in [3.63, 3.8) is 0 Å². The van der Waals surface area contributed by atoms with Crippen molar-refractivity contribution in [1.29, 1.82) is 0 Å². The zero-order valence-corrected chi connectivity index (χ0v) is 27.2.